The minimum absolute atomic E-state index is 0.123. The molecular formula is C23H18F3N3O2. The topological polar surface area (TPSA) is 75.1 Å². The average Bonchev–Trinajstić information content (AvgIpc) is 3.44. The maximum Gasteiger partial charge on any atom is 0.307 e. The van der Waals surface area contributed by atoms with Gasteiger partial charge in [0.15, 0.2) is 0 Å². The highest BCUT2D eigenvalue weighted by molar-refractivity contribution is 5.75. The van der Waals surface area contributed by atoms with Crippen molar-refractivity contribution in [2.45, 2.75) is 31.2 Å². The molecule has 3 aromatic rings. The van der Waals surface area contributed by atoms with E-state index >= 15 is 0 Å². The number of rotatable bonds is 5. The molecule has 1 fully saturated rings. The van der Waals surface area contributed by atoms with Crippen molar-refractivity contribution in [1.82, 2.24) is 9.97 Å². The molecule has 0 spiro atoms. The van der Waals surface area contributed by atoms with Crippen molar-refractivity contribution in [3.8, 4) is 11.1 Å². The molecule has 0 radical (unpaired) electrons. The van der Waals surface area contributed by atoms with Crippen molar-refractivity contribution in [2.24, 2.45) is 5.92 Å². The summed E-state index contributed by atoms with van der Waals surface area (Å²) in [5.41, 5.74) is 1.77. The third-order valence-electron chi connectivity index (χ3n) is 6.05. The lowest BCUT2D eigenvalue weighted by Crippen LogP contribution is -2.11. The van der Waals surface area contributed by atoms with Crippen molar-refractivity contribution in [2.75, 3.05) is 5.32 Å². The van der Waals surface area contributed by atoms with E-state index in [4.69, 9.17) is 5.11 Å². The Bertz CT molecular complexity index is 1160. The lowest BCUT2D eigenvalue weighted by Gasteiger charge is -2.17. The molecule has 2 aliphatic rings. The van der Waals surface area contributed by atoms with Gasteiger partial charge < -0.3 is 10.4 Å². The molecule has 31 heavy (non-hydrogen) atoms. The molecule has 0 amide bonds. The highest BCUT2D eigenvalue weighted by atomic mass is 19.1. The van der Waals surface area contributed by atoms with Gasteiger partial charge >= 0.3 is 5.97 Å². The van der Waals surface area contributed by atoms with E-state index in [0.29, 0.717) is 47.5 Å². The van der Waals surface area contributed by atoms with Crippen LogP contribution in [-0.2, 0) is 11.2 Å². The van der Waals surface area contributed by atoms with Gasteiger partial charge in [-0.2, -0.15) is 0 Å². The van der Waals surface area contributed by atoms with Gasteiger partial charge in [0.2, 0.25) is 0 Å². The Hall–Kier alpha value is -3.42. The van der Waals surface area contributed by atoms with Gasteiger partial charge in [0.25, 0.3) is 0 Å². The predicted molar refractivity (Wildman–Crippen MR) is 107 cm³/mol. The van der Waals surface area contributed by atoms with Gasteiger partial charge in [0.05, 0.1) is 35.6 Å². The second kappa shape index (κ2) is 7.37. The van der Waals surface area contributed by atoms with Crippen LogP contribution in [0.1, 0.15) is 41.6 Å². The van der Waals surface area contributed by atoms with E-state index < -0.39 is 35.4 Å². The van der Waals surface area contributed by atoms with E-state index in [0.717, 1.165) is 0 Å². The Kier molecular flexibility index (Phi) is 4.64. The smallest absolute Gasteiger partial charge is 0.307 e. The molecule has 2 aromatic carbocycles. The van der Waals surface area contributed by atoms with Crippen LogP contribution >= 0.6 is 0 Å². The third-order valence-corrected chi connectivity index (χ3v) is 6.05. The molecule has 2 aliphatic carbocycles. The quantitative estimate of drug-likeness (QED) is 0.611. The van der Waals surface area contributed by atoms with Gasteiger partial charge in [-0.05, 0) is 48.6 Å². The molecule has 2 N–H and O–H groups in total. The van der Waals surface area contributed by atoms with Gasteiger partial charge in [0.1, 0.15) is 23.3 Å². The predicted octanol–water partition coefficient (Wildman–Crippen LogP) is 4.85. The normalized spacial score (nSPS) is 21.6. The number of nitrogens with one attached hydrogen (secondary N) is 1. The molecular weight excluding hydrogens is 407 g/mol. The number of anilines is 1. The van der Waals surface area contributed by atoms with Gasteiger partial charge in [-0.25, -0.2) is 18.2 Å². The molecule has 158 valence electrons. The number of nitrogens with zero attached hydrogens (tertiary/aromatic N) is 2. The molecule has 0 bridgehead atoms. The zero-order valence-corrected chi connectivity index (χ0v) is 16.3. The fourth-order valence-electron chi connectivity index (χ4n) is 4.43. The number of carboxylic acids is 1. The maximum atomic E-state index is 14.7. The first-order valence-corrected chi connectivity index (χ1v) is 10.0. The van der Waals surface area contributed by atoms with Crippen molar-refractivity contribution in [1.29, 1.82) is 0 Å². The number of carboxylic acid groups (broad SMARTS) is 1. The van der Waals surface area contributed by atoms with Gasteiger partial charge in [-0.3, -0.25) is 9.78 Å². The fourth-order valence-corrected chi connectivity index (χ4v) is 4.43. The Morgan fingerprint density at radius 2 is 1.81 bits per heavy atom. The van der Waals surface area contributed by atoms with E-state index in [1.165, 1.54) is 42.7 Å². The molecule has 1 heterocycles. The first-order chi connectivity index (χ1) is 14.9. The summed E-state index contributed by atoms with van der Waals surface area (Å²) < 4.78 is 43.4. The monoisotopic (exact) mass is 425 g/mol. The zero-order chi connectivity index (χ0) is 21.7. The maximum absolute atomic E-state index is 14.7. The van der Waals surface area contributed by atoms with Crippen molar-refractivity contribution >= 4 is 11.8 Å². The molecule has 5 rings (SSSR count). The molecule has 0 aliphatic heterocycles. The summed E-state index contributed by atoms with van der Waals surface area (Å²) in [4.78, 5) is 19.6. The number of fused-ring (bicyclic) bond motifs is 1. The molecule has 3 atom stereocenters. The van der Waals surface area contributed by atoms with Crippen molar-refractivity contribution in [3.05, 3.63) is 77.0 Å². The zero-order valence-electron chi connectivity index (χ0n) is 16.3. The molecule has 5 nitrogen and oxygen atoms in total. The summed E-state index contributed by atoms with van der Waals surface area (Å²) in [5.74, 6) is -2.77. The summed E-state index contributed by atoms with van der Waals surface area (Å²) in [5, 5.41) is 12.2. The number of halogens is 3. The summed E-state index contributed by atoms with van der Waals surface area (Å²) in [7, 11) is 0. The first-order valence-electron chi connectivity index (χ1n) is 10.0. The lowest BCUT2D eigenvalue weighted by atomic mass is 9.95. The number of carbonyl (C=O) groups is 1. The van der Waals surface area contributed by atoms with Gasteiger partial charge in [-0.1, -0.05) is 12.1 Å². The summed E-state index contributed by atoms with van der Waals surface area (Å²) >= 11 is 0. The molecule has 1 saturated carbocycles. The number of aliphatic carboxylic acids is 1. The minimum Gasteiger partial charge on any atom is -0.481 e. The second-order valence-electron chi connectivity index (χ2n) is 7.93. The van der Waals surface area contributed by atoms with E-state index in [-0.39, 0.29) is 11.5 Å². The van der Waals surface area contributed by atoms with Crippen LogP contribution in [0.15, 0.2) is 42.7 Å². The van der Waals surface area contributed by atoms with E-state index in [2.05, 4.69) is 15.3 Å². The van der Waals surface area contributed by atoms with E-state index in [1.54, 1.807) is 0 Å². The van der Waals surface area contributed by atoms with E-state index in [1.807, 2.05) is 0 Å². The summed E-state index contributed by atoms with van der Waals surface area (Å²) in [6, 6.07) is 5.90. The Morgan fingerprint density at radius 1 is 1.03 bits per heavy atom. The van der Waals surface area contributed by atoms with Gasteiger partial charge in [0, 0.05) is 11.5 Å². The van der Waals surface area contributed by atoms with Crippen LogP contribution in [0.5, 0.6) is 0 Å². The average molecular weight is 425 g/mol. The van der Waals surface area contributed by atoms with Crippen LogP contribution in [-0.4, -0.2) is 21.0 Å². The number of hydrogen-bond acceptors (Lipinski definition) is 4. The SMILES string of the molecule is O=C(O)[C@H]1C[C@@H]1c1cnc(N[C@@H]2CCc3c(-c4c(F)cccc4F)ccc(F)c32)cn1. The fraction of sp³-hybridized carbons (Fsp3) is 0.261. The Balaban J connectivity index is 1.42. The number of benzene rings is 2. The second-order valence-corrected chi connectivity index (χ2v) is 7.93. The summed E-state index contributed by atoms with van der Waals surface area (Å²) in [6.45, 7) is 0. The molecule has 1 aromatic heterocycles. The van der Waals surface area contributed by atoms with Crippen LogP contribution in [0.25, 0.3) is 11.1 Å². The van der Waals surface area contributed by atoms with Gasteiger partial charge in [-0.15, -0.1) is 0 Å². The van der Waals surface area contributed by atoms with Crippen LogP contribution in [0, 0.1) is 23.4 Å². The lowest BCUT2D eigenvalue weighted by molar-refractivity contribution is -0.138. The Labute approximate surface area is 176 Å². The Morgan fingerprint density at radius 3 is 2.45 bits per heavy atom. The first kappa shape index (κ1) is 19.5. The van der Waals surface area contributed by atoms with Crippen molar-refractivity contribution < 1.29 is 23.1 Å². The molecule has 8 heteroatoms. The van der Waals surface area contributed by atoms with Crippen LogP contribution in [0.4, 0.5) is 19.0 Å². The van der Waals surface area contributed by atoms with E-state index in [9.17, 15) is 18.0 Å². The highest BCUT2D eigenvalue weighted by Crippen LogP contribution is 2.47. The number of hydrogen-bond donors (Lipinski definition) is 2. The van der Waals surface area contributed by atoms with Crippen LogP contribution < -0.4 is 5.32 Å². The highest BCUT2D eigenvalue weighted by Gasteiger charge is 2.45. The minimum atomic E-state index is -0.839. The standard InChI is InChI=1S/C23H18F3N3O2/c24-15-2-1-3-16(25)21(15)11-4-6-17(26)22-12(11)5-7-18(22)29-20-10-27-19(9-28-20)13-8-14(13)23(30)31/h1-4,6,9-10,13-14,18H,5,7-8H2,(H,28,29)(H,30,31)/t13-,14-,18+/m0/s1. The van der Waals surface area contributed by atoms with Crippen molar-refractivity contribution in [3.63, 3.8) is 0 Å². The third kappa shape index (κ3) is 3.41. The van der Waals surface area contributed by atoms with Crippen LogP contribution in [0.2, 0.25) is 0 Å². The summed E-state index contributed by atoms with van der Waals surface area (Å²) in [6.07, 6.45) is 4.58. The molecule has 0 unspecified atom stereocenters. The van der Waals surface area contributed by atoms with Crippen LogP contribution in [0.3, 0.4) is 0 Å². The largest absolute Gasteiger partial charge is 0.481 e. The number of aromatic nitrogens is 2. The molecule has 0 saturated heterocycles.